The molecule has 0 aliphatic rings. The van der Waals surface area contributed by atoms with Gasteiger partial charge in [-0.1, -0.05) is 18.2 Å². The van der Waals surface area contributed by atoms with Crippen molar-refractivity contribution in [2.75, 3.05) is 0 Å². The highest BCUT2D eigenvalue weighted by atomic mass is 32.1. The van der Waals surface area contributed by atoms with Crippen molar-refractivity contribution in [3.63, 3.8) is 0 Å². The molecule has 3 aromatic rings. The Morgan fingerprint density at radius 3 is 2.63 bits per heavy atom. The second-order valence-corrected chi connectivity index (χ2v) is 7.09. The summed E-state index contributed by atoms with van der Waals surface area (Å²) in [5.41, 5.74) is 5.38. The number of thiophene rings is 1. The number of carboxylic acid groups (broad SMARTS) is 1. The van der Waals surface area contributed by atoms with Crippen LogP contribution in [-0.4, -0.2) is 26.5 Å². The number of carbonyl (C=O) groups excluding carboxylic acids is 1. The van der Waals surface area contributed by atoms with Crippen LogP contribution in [0, 0.1) is 12.7 Å². The minimum absolute atomic E-state index is 0.00378. The zero-order chi connectivity index (χ0) is 19.9. The van der Waals surface area contributed by atoms with Gasteiger partial charge in [0.2, 0.25) is 5.91 Å². The van der Waals surface area contributed by atoms with Crippen molar-refractivity contribution >= 4 is 33.4 Å². The number of primary amides is 1. The summed E-state index contributed by atoms with van der Waals surface area (Å²) in [5, 5.41) is 9.44. The van der Waals surface area contributed by atoms with Gasteiger partial charge >= 0.3 is 5.97 Å². The van der Waals surface area contributed by atoms with Gasteiger partial charge in [0.15, 0.2) is 0 Å². The highest BCUT2D eigenvalue weighted by Gasteiger charge is 2.25. The second-order valence-electron chi connectivity index (χ2n) is 6.09. The number of fused-ring (bicyclic) bond motifs is 1. The van der Waals surface area contributed by atoms with Gasteiger partial charge in [-0.05, 0) is 31.0 Å². The van der Waals surface area contributed by atoms with Gasteiger partial charge in [-0.15, -0.1) is 11.3 Å². The van der Waals surface area contributed by atoms with Gasteiger partial charge in [0.25, 0.3) is 5.56 Å². The summed E-state index contributed by atoms with van der Waals surface area (Å²) in [6, 6.07) is 4.99. The Hall–Kier alpha value is -3.07. The first-order chi connectivity index (χ1) is 12.7. The van der Waals surface area contributed by atoms with Crippen LogP contribution in [0.4, 0.5) is 4.39 Å². The van der Waals surface area contributed by atoms with Crippen molar-refractivity contribution in [1.29, 1.82) is 0 Å². The molecule has 2 heterocycles. The van der Waals surface area contributed by atoms with Crippen LogP contribution in [-0.2, 0) is 11.2 Å². The molecule has 1 amide bonds. The number of halogens is 1. The van der Waals surface area contributed by atoms with E-state index < -0.39 is 29.3 Å². The SMILES string of the molecule is Cc1c(C(=O)O)sc2nc(Cc3ccccc3F)n(C(C)C(N)=O)c(=O)c12. The minimum Gasteiger partial charge on any atom is -0.477 e. The van der Waals surface area contributed by atoms with Gasteiger partial charge in [-0.3, -0.25) is 14.2 Å². The highest BCUT2D eigenvalue weighted by Crippen LogP contribution is 2.28. The third kappa shape index (κ3) is 3.21. The fourth-order valence-electron chi connectivity index (χ4n) is 2.91. The first-order valence-corrected chi connectivity index (χ1v) is 8.84. The predicted molar refractivity (Wildman–Crippen MR) is 98.7 cm³/mol. The maximum absolute atomic E-state index is 14.1. The van der Waals surface area contributed by atoms with E-state index >= 15 is 0 Å². The van der Waals surface area contributed by atoms with Gasteiger partial charge in [0.1, 0.15) is 27.4 Å². The molecule has 0 aliphatic heterocycles. The van der Waals surface area contributed by atoms with Crippen LogP contribution in [0.3, 0.4) is 0 Å². The molecule has 0 saturated carbocycles. The van der Waals surface area contributed by atoms with E-state index in [1.165, 1.54) is 26.0 Å². The molecule has 1 aromatic carbocycles. The Kier molecular flexibility index (Phi) is 4.79. The molecular weight excluding hydrogens is 373 g/mol. The Labute approximate surface area is 156 Å². The van der Waals surface area contributed by atoms with E-state index in [0.29, 0.717) is 5.56 Å². The average Bonchev–Trinajstić information content (AvgIpc) is 2.93. The number of amides is 1. The van der Waals surface area contributed by atoms with Crippen LogP contribution in [0.25, 0.3) is 10.2 Å². The summed E-state index contributed by atoms with van der Waals surface area (Å²) in [4.78, 5) is 40.8. The monoisotopic (exact) mass is 389 g/mol. The molecule has 7 nitrogen and oxygen atoms in total. The Balaban J connectivity index is 2.32. The zero-order valence-corrected chi connectivity index (χ0v) is 15.3. The summed E-state index contributed by atoms with van der Waals surface area (Å²) in [6.07, 6.45) is -0.0468. The van der Waals surface area contributed by atoms with Crippen molar-refractivity contribution in [2.45, 2.75) is 26.3 Å². The van der Waals surface area contributed by atoms with Gasteiger partial charge in [0.05, 0.1) is 5.39 Å². The average molecular weight is 389 g/mol. The molecule has 0 fully saturated rings. The summed E-state index contributed by atoms with van der Waals surface area (Å²) >= 11 is 0.870. The zero-order valence-electron chi connectivity index (χ0n) is 14.5. The van der Waals surface area contributed by atoms with Crippen LogP contribution in [0.5, 0.6) is 0 Å². The van der Waals surface area contributed by atoms with Gasteiger partial charge < -0.3 is 10.8 Å². The number of nitrogens with two attached hydrogens (primary N) is 1. The Bertz CT molecular complexity index is 1140. The fraction of sp³-hybridized carbons (Fsp3) is 0.222. The second kappa shape index (κ2) is 6.92. The van der Waals surface area contributed by atoms with Crippen LogP contribution >= 0.6 is 11.3 Å². The molecule has 1 atom stereocenters. The number of benzene rings is 1. The van der Waals surface area contributed by atoms with E-state index in [2.05, 4.69) is 4.98 Å². The molecular formula is C18H16FN3O4S. The van der Waals surface area contributed by atoms with E-state index in [4.69, 9.17) is 5.73 Å². The van der Waals surface area contributed by atoms with E-state index in [1.807, 2.05) is 0 Å². The quantitative estimate of drug-likeness (QED) is 0.694. The molecule has 1 unspecified atom stereocenters. The standard InChI is InChI=1S/C18H16FN3O4S/c1-8-13-16(27-14(8)18(25)26)21-12(7-10-5-3-4-6-11(10)19)22(17(13)24)9(2)15(20)23/h3-6,9H,7H2,1-2H3,(H2,20,23)(H,25,26). The van der Waals surface area contributed by atoms with Crippen LogP contribution in [0.1, 0.15) is 39.6 Å². The van der Waals surface area contributed by atoms with Crippen molar-refractivity contribution in [3.8, 4) is 0 Å². The summed E-state index contributed by atoms with van der Waals surface area (Å²) < 4.78 is 15.2. The maximum atomic E-state index is 14.1. The predicted octanol–water partition coefficient (Wildman–Crippen LogP) is 2.24. The lowest BCUT2D eigenvalue weighted by Crippen LogP contribution is -2.35. The maximum Gasteiger partial charge on any atom is 0.346 e. The molecule has 3 N–H and O–H groups in total. The molecule has 0 saturated heterocycles. The number of rotatable bonds is 5. The molecule has 0 aliphatic carbocycles. The Morgan fingerprint density at radius 1 is 1.37 bits per heavy atom. The molecule has 0 bridgehead atoms. The van der Waals surface area contributed by atoms with Crippen LogP contribution in [0.15, 0.2) is 29.1 Å². The smallest absolute Gasteiger partial charge is 0.346 e. The minimum atomic E-state index is -1.17. The highest BCUT2D eigenvalue weighted by molar-refractivity contribution is 7.20. The summed E-state index contributed by atoms with van der Waals surface area (Å²) in [7, 11) is 0. The van der Waals surface area contributed by atoms with Crippen molar-refractivity contribution in [2.24, 2.45) is 5.73 Å². The summed E-state index contributed by atoms with van der Waals surface area (Å²) in [5.74, 6) is -2.25. The third-order valence-corrected chi connectivity index (χ3v) is 5.54. The molecule has 2 aromatic heterocycles. The van der Waals surface area contributed by atoms with Crippen molar-refractivity contribution in [3.05, 3.63) is 62.3 Å². The lowest BCUT2D eigenvalue weighted by molar-refractivity contribution is -0.120. The number of aromatic carboxylic acids is 1. The number of aromatic nitrogens is 2. The third-order valence-electron chi connectivity index (χ3n) is 4.37. The van der Waals surface area contributed by atoms with E-state index in [0.717, 1.165) is 15.9 Å². The fourth-order valence-corrected chi connectivity index (χ4v) is 3.93. The van der Waals surface area contributed by atoms with Crippen molar-refractivity contribution < 1.29 is 19.1 Å². The number of hydrogen-bond acceptors (Lipinski definition) is 5. The molecule has 140 valence electrons. The lowest BCUT2D eigenvalue weighted by Gasteiger charge is -2.17. The van der Waals surface area contributed by atoms with Crippen LogP contribution in [0.2, 0.25) is 0 Å². The van der Waals surface area contributed by atoms with Crippen molar-refractivity contribution in [1.82, 2.24) is 9.55 Å². The lowest BCUT2D eigenvalue weighted by atomic mass is 10.1. The van der Waals surface area contributed by atoms with Crippen LogP contribution < -0.4 is 11.3 Å². The number of aryl methyl sites for hydroxylation is 1. The molecule has 0 spiro atoms. The summed E-state index contributed by atoms with van der Waals surface area (Å²) in [6.45, 7) is 2.96. The molecule has 9 heteroatoms. The normalized spacial score (nSPS) is 12.3. The number of carboxylic acids is 1. The largest absolute Gasteiger partial charge is 0.477 e. The van der Waals surface area contributed by atoms with E-state index in [-0.39, 0.29) is 32.9 Å². The van der Waals surface area contributed by atoms with Gasteiger partial charge in [-0.25, -0.2) is 14.2 Å². The number of hydrogen-bond donors (Lipinski definition) is 2. The van der Waals surface area contributed by atoms with Gasteiger partial charge in [-0.2, -0.15) is 0 Å². The molecule has 27 heavy (non-hydrogen) atoms. The van der Waals surface area contributed by atoms with E-state index in [1.54, 1.807) is 12.1 Å². The first kappa shape index (κ1) is 18.7. The first-order valence-electron chi connectivity index (χ1n) is 8.02. The van der Waals surface area contributed by atoms with Gasteiger partial charge in [0, 0.05) is 6.42 Å². The van der Waals surface area contributed by atoms with E-state index in [9.17, 15) is 23.9 Å². The number of nitrogens with zero attached hydrogens (tertiary/aromatic N) is 2. The number of carbonyl (C=O) groups is 2. The Morgan fingerprint density at radius 2 is 2.04 bits per heavy atom. The molecule has 3 rings (SSSR count). The molecule has 0 radical (unpaired) electrons. The topological polar surface area (TPSA) is 115 Å².